The fourth-order valence-corrected chi connectivity index (χ4v) is 4.78. The molecule has 3 rings (SSSR count). The number of pyridine rings is 1. The number of aryl methyl sites for hydroxylation is 1. The van der Waals surface area contributed by atoms with Gasteiger partial charge in [0.1, 0.15) is 5.82 Å². The molecule has 0 radical (unpaired) electrons. The lowest BCUT2D eigenvalue weighted by Gasteiger charge is -2.09. The summed E-state index contributed by atoms with van der Waals surface area (Å²) < 4.78 is 29.7. The monoisotopic (exact) mass is 406 g/mol. The fraction of sp³-hybridized carbons (Fsp3) is 0.0909. The SMILES string of the molecule is Cc1cc(Br)cnc1NS(=O)(=O)c1c(Cl)nc2sccn12. The summed E-state index contributed by atoms with van der Waals surface area (Å²) in [6.07, 6.45) is 3.12. The first kappa shape index (κ1) is 14.8. The van der Waals surface area contributed by atoms with E-state index in [1.165, 1.54) is 21.9 Å². The lowest BCUT2D eigenvalue weighted by molar-refractivity contribution is 0.596. The van der Waals surface area contributed by atoms with E-state index in [0.717, 1.165) is 4.47 Å². The maximum Gasteiger partial charge on any atom is 0.282 e. The van der Waals surface area contributed by atoms with Gasteiger partial charge in [0.05, 0.1) is 0 Å². The molecule has 1 N–H and O–H groups in total. The third-order valence-corrected chi connectivity index (χ3v) is 5.64. The normalized spacial score (nSPS) is 12.0. The molecule has 0 amide bonds. The average Bonchev–Trinajstić information content (AvgIpc) is 2.91. The van der Waals surface area contributed by atoms with E-state index in [1.807, 2.05) is 0 Å². The Bertz CT molecular complexity index is 935. The Hall–Kier alpha value is -1.16. The minimum absolute atomic E-state index is 0.0656. The van der Waals surface area contributed by atoms with Crippen molar-refractivity contribution in [3.8, 4) is 0 Å². The number of nitrogens with zero attached hydrogens (tertiary/aromatic N) is 3. The molecule has 0 aliphatic heterocycles. The summed E-state index contributed by atoms with van der Waals surface area (Å²) >= 11 is 10.5. The van der Waals surface area contributed by atoms with Crippen molar-refractivity contribution in [2.45, 2.75) is 11.9 Å². The van der Waals surface area contributed by atoms with Gasteiger partial charge in [-0.2, -0.15) is 8.42 Å². The zero-order valence-electron chi connectivity index (χ0n) is 10.5. The minimum Gasteiger partial charge on any atom is -0.278 e. The number of imidazole rings is 1. The molecule has 0 saturated heterocycles. The number of halogens is 2. The molecule has 0 atom stereocenters. The quantitative estimate of drug-likeness (QED) is 0.722. The number of nitrogens with one attached hydrogen (secondary N) is 1. The first-order chi connectivity index (χ1) is 9.88. The molecule has 3 aromatic heterocycles. The van der Waals surface area contributed by atoms with E-state index >= 15 is 0 Å². The third-order valence-electron chi connectivity index (χ3n) is 2.71. The van der Waals surface area contributed by atoms with E-state index in [4.69, 9.17) is 11.6 Å². The van der Waals surface area contributed by atoms with Crippen LogP contribution in [-0.4, -0.2) is 22.8 Å². The van der Waals surface area contributed by atoms with Crippen LogP contribution >= 0.6 is 38.9 Å². The summed E-state index contributed by atoms with van der Waals surface area (Å²) in [6, 6.07) is 1.77. The van der Waals surface area contributed by atoms with Crippen LogP contribution in [-0.2, 0) is 10.0 Å². The molecule has 0 aliphatic rings. The van der Waals surface area contributed by atoms with Gasteiger partial charge in [-0.3, -0.25) is 9.12 Å². The van der Waals surface area contributed by atoms with Crippen LogP contribution in [0.1, 0.15) is 5.56 Å². The molecule has 110 valence electrons. The van der Waals surface area contributed by atoms with Gasteiger partial charge in [0.15, 0.2) is 15.1 Å². The van der Waals surface area contributed by atoms with Gasteiger partial charge in [-0.1, -0.05) is 11.6 Å². The Labute approximate surface area is 138 Å². The van der Waals surface area contributed by atoms with E-state index in [0.29, 0.717) is 10.5 Å². The maximum atomic E-state index is 12.5. The van der Waals surface area contributed by atoms with Crippen LogP contribution in [0.5, 0.6) is 0 Å². The predicted molar refractivity (Wildman–Crippen MR) is 85.6 cm³/mol. The van der Waals surface area contributed by atoms with Gasteiger partial charge in [0.2, 0.25) is 0 Å². The third kappa shape index (κ3) is 2.66. The van der Waals surface area contributed by atoms with Crippen LogP contribution < -0.4 is 4.72 Å². The standard InChI is InChI=1S/C11H8BrClN4O2S2/c1-6-4-7(12)5-14-9(6)16-21(18,19)10-8(13)15-11-17(10)2-3-20-11/h2-5H,1H3,(H,14,16). The summed E-state index contributed by atoms with van der Waals surface area (Å²) in [7, 11) is -3.89. The second kappa shape index (κ2) is 5.24. The highest BCUT2D eigenvalue weighted by Crippen LogP contribution is 2.27. The van der Waals surface area contributed by atoms with Crippen LogP contribution in [0.4, 0.5) is 5.82 Å². The molecular weight excluding hydrogens is 400 g/mol. The van der Waals surface area contributed by atoms with Crippen molar-refractivity contribution in [3.63, 3.8) is 0 Å². The van der Waals surface area contributed by atoms with Crippen molar-refractivity contribution < 1.29 is 8.42 Å². The number of sulfonamides is 1. The maximum absolute atomic E-state index is 12.5. The van der Waals surface area contributed by atoms with E-state index in [9.17, 15) is 8.42 Å². The molecule has 0 aromatic carbocycles. The molecule has 0 unspecified atom stereocenters. The number of fused-ring (bicyclic) bond motifs is 1. The number of hydrogen-bond donors (Lipinski definition) is 1. The zero-order chi connectivity index (χ0) is 15.2. The van der Waals surface area contributed by atoms with Gasteiger partial charge >= 0.3 is 0 Å². The topological polar surface area (TPSA) is 76.4 Å². The Kier molecular flexibility index (Phi) is 3.68. The molecule has 3 heterocycles. The molecule has 3 aromatic rings. The summed E-state index contributed by atoms with van der Waals surface area (Å²) in [5.41, 5.74) is 0.690. The second-order valence-corrected chi connectivity index (χ2v) is 7.93. The Morgan fingerprint density at radius 2 is 2.24 bits per heavy atom. The van der Waals surface area contributed by atoms with Crippen molar-refractivity contribution in [3.05, 3.63) is 39.0 Å². The van der Waals surface area contributed by atoms with Crippen LogP contribution in [0.3, 0.4) is 0 Å². The minimum atomic E-state index is -3.89. The lowest BCUT2D eigenvalue weighted by atomic mass is 10.3. The van der Waals surface area contributed by atoms with Crippen molar-refractivity contribution in [2.75, 3.05) is 4.72 Å². The highest BCUT2D eigenvalue weighted by Gasteiger charge is 2.26. The van der Waals surface area contributed by atoms with Crippen LogP contribution in [0.2, 0.25) is 5.15 Å². The van der Waals surface area contributed by atoms with Crippen molar-refractivity contribution in [1.82, 2.24) is 14.4 Å². The average molecular weight is 408 g/mol. The molecule has 0 saturated carbocycles. The molecular formula is C11H8BrClN4O2S2. The van der Waals surface area contributed by atoms with Crippen molar-refractivity contribution in [2.24, 2.45) is 0 Å². The zero-order valence-corrected chi connectivity index (χ0v) is 14.5. The summed E-state index contributed by atoms with van der Waals surface area (Å²) in [4.78, 5) is 8.60. The van der Waals surface area contributed by atoms with E-state index in [-0.39, 0.29) is 16.0 Å². The number of aromatic nitrogens is 3. The molecule has 21 heavy (non-hydrogen) atoms. The first-order valence-electron chi connectivity index (χ1n) is 5.64. The van der Waals surface area contributed by atoms with Gasteiger partial charge in [-0.25, -0.2) is 9.97 Å². The lowest BCUT2D eigenvalue weighted by Crippen LogP contribution is -2.16. The number of rotatable bonds is 3. The Morgan fingerprint density at radius 3 is 2.95 bits per heavy atom. The largest absolute Gasteiger partial charge is 0.282 e. The van der Waals surface area contributed by atoms with Gasteiger partial charge in [-0.05, 0) is 34.5 Å². The molecule has 0 bridgehead atoms. The van der Waals surface area contributed by atoms with E-state index < -0.39 is 10.0 Å². The predicted octanol–water partition coefficient (Wildman–Crippen LogP) is 3.32. The highest BCUT2D eigenvalue weighted by molar-refractivity contribution is 9.10. The number of thiazole rings is 1. The number of anilines is 1. The smallest absolute Gasteiger partial charge is 0.278 e. The Balaban J connectivity index is 2.08. The van der Waals surface area contributed by atoms with Crippen LogP contribution in [0.15, 0.2) is 33.3 Å². The highest BCUT2D eigenvalue weighted by atomic mass is 79.9. The Morgan fingerprint density at radius 1 is 1.48 bits per heavy atom. The van der Waals surface area contributed by atoms with Gasteiger partial charge in [0, 0.05) is 22.2 Å². The van der Waals surface area contributed by atoms with Gasteiger partial charge in [-0.15, -0.1) is 11.3 Å². The van der Waals surface area contributed by atoms with Crippen LogP contribution in [0, 0.1) is 6.92 Å². The first-order valence-corrected chi connectivity index (χ1v) is 9.18. The van der Waals surface area contributed by atoms with Crippen molar-refractivity contribution in [1.29, 1.82) is 0 Å². The molecule has 0 spiro atoms. The van der Waals surface area contributed by atoms with E-state index in [2.05, 4.69) is 30.6 Å². The molecule has 0 aliphatic carbocycles. The summed E-state index contributed by atoms with van der Waals surface area (Å²) in [5, 5.41) is 1.58. The molecule has 0 fully saturated rings. The van der Waals surface area contributed by atoms with E-state index in [1.54, 1.807) is 24.6 Å². The molecule has 10 heteroatoms. The number of hydrogen-bond acceptors (Lipinski definition) is 5. The van der Waals surface area contributed by atoms with Crippen molar-refractivity contribution >= 4 is 59.7 Å². The summed E-state index contributed by atoms with van der Waals surface area (Å²) in [5.74, 6) is 0.249. The fourth-order valence-electron chi connectivity index (χ4n) is 1.80. The summed E-state index contributed by atoms with van der Waals surface area (Å²) in [6.45, 7) is 1.76. The molecule has 6 nitrogen and oxygen atoms in total. The van der Waals surface area contributed by atoms with Gasteiger partial charge < -0.3 is 0 Å². The second-order valence-electron chi connectivity index (χ2n) is 4.19. The van der Waals surface area contributed by atoms with Gasteiger partial charge in [0.25, 0.3) is 10.0 Å². The van der Waals surface area contributed by atoms with Crippen LogP contribution in [0.25, 0.3) is 4.96 Å².